The first kappa shape index (κ1) is 15.0. The van der Waals surface area contributed by atoms with E-state index >= 15 is 0 Å². The number of anilines is 2. The van der Waals surface area contributed by atoms with E-state index in [1.165, 1.54) is 5.56 Å². The van der Waals surface area contributed by atoms with Gasteiger partial charge < -0.3 is 15.3 Å². The van der Waals surface area contributed by atoms with Gasteiger partial charge in [-0.15, -0.1) is 0 Å². The number of aliphatic hydroxyl groups excluding tert-OH is 1. The van der Waals surface area contributed by atoms with Crippen molar-refractivity contribution in [2.75, 3.05) is 29.9 Å². The molecule has 2 rings (SSSR count). The van der Waals surface area contributed by atoms with Gasteiger partial charge in [0, 0.05) is 31.1 Å². The summed E-state index contributed by atoms with van der Waals surface area (Å²) < 4.78 is 0. The molecule has 1 saturated heterocycles. The predicted octanol–water partition coefficient (Wildman–Crippen LogP) is 2.07. The van der Waals surface area contributed by atoms with Crippen LogP contribution in [0.2, 0.25) is 0 Å². The van der Waals surface area contributed by atoms with E-state index in [2.05, 4.69) is 34.0 Å². The topological polar surface area (TPSA) is 61.3 Å². The molecule has 2 heterocycles. The molecule has 0 radical (unpaired) electrons. The molecule has 2 atom stereocenters. The maximum Gasteiger partial charge on any atom is 0.137 e. The molecule has 1 aromatic heterocycles. The summed E-state index contributed by atoms with van der Waals surface area (Å²) in [5.74, 6) is 2.35. The van der Waals surface area contributed by atoms with Crippen molar-refractivity contribution in [3.8, 4) is 0 Å². The van der Waals surface area contributed by atoms with Crippen molar-refractivity contribution in [3.63, 3.8) is 0 Å². The largest absolute Gasteiger partial charge is 0.393 e. The van der Waals surface area contributed by atoms with Crippen LogP contribution >= 0.6 is 0 Å². The van der Waals surface area contributed by atoms with E-state index in [0.29, 0.717) is 5.92 Å². The van der Waals surface area contributed by atoms with Crippen molar-refractivity contribution in [2.24, 2.45) is 5.92 Å². The minimum Gasteiger partial charge on any atom is -0.393 e. The molecule has 5 nitrogen and oxygen atoms in total. The van der Waals surface area contributed by atoms with Crippen molar-refractivity contribution in [1.82, 2.24) is 9.97 Å². The maximum atomic E-state index is 9.76. The van der Waals surface area contributed by atoms with Crippen molar-refractivity contribution in [2.45, 2.75) is 46.1 Å². The Hall–Kier alpha value is -1.36. The van der Waals surface area contributed by atoms with Gasteiger partial charge >= 0.3 is 0 Å². The Morgan fingerprint density at radius 1 is 1.45 bits per heavy atom. The minimum absolute atomic E-state index is 0.246. The minimum atomic E-state index is -0.246. The fourth-order valence-corrected chi connectivity index (χ4v) is 2.85. The molecule has 1 aromatic rings. The van der Waals surface area contributed by atoms with Crippen LogP contribution in [0.4, 0.5) is 11.6 Å². The number of hydrogen-bond acceptors (Lipinski definition) is 5. The van der Waals surface area contributed by atoms with Crippen molar-refractivity contribution in [3.05, 3.63) is 11.9 Å². The first-order chi connectivity index (χ1) is 9.67. The van der Waals surface area contributed by atoms with Crippen LogP contribution in [0.15, 0.2) is 6.33 Å². The van der Waals surface area contributed by atoms with Crippen LogP contribution in [0.1, 0.15) is 39.2 Å². The molecular weight excluding hydrogens is 252 g/mol. The van der Waals surface area contributed by atoms with Gasteiger partial charge in [-0.3, -0.25) is 0 Å². The SMILES string of the molecule is CCCc1c(NCC)ncnc1N1CCC(C(C)O)C1. The molecule has 0 aromatic carbocycles. The molecule has 0 aliphatic carbocycles. The maximum absolute atomic E-state index is 9.76. The third-order valence-corrected chi connectivity index (χ3v) is 3.97. The zero-order valence-electron chi connectivity index (χ0n) is 12.8. The van der Waals surface area contributed by atoms with Gasteiger partial charge in [0.25, 0.3) is 0 Å². The van der Waals surface area contributed by atoms with Crippen LogP contribution in [0.3, 0.4) is 0 Å². The number of nitrogens with one attached hydrogen (secondary N) is 1. The molecule has 5 heteroatoms. The molecule has 0 bridgehead atoms. The third-order valence-electron chi connectivity index (χ3n) is 3.97. The molecule has 2 unspecified atom stereocenters. The highest BCUT2D eigenvalue weighted by molar-refractivity contribution is 5.59. The molecule has 2 N–H and O–H groups in total. The molecule has 0 amide bonds. The highest BCUT2D eigenvalue weighted by Gasteiger charge is 2.28. The Labute approximate surface area is 121 Å². The van der Waals surface area contributed by atoms with Crippen molar-refractivity contribution >= 4 is 11.6 Å². The molecule has 1 fully saturated rings. The second-order valence-corrected chi connectivity index (χ2v) is 5.54. The lowest BCUT2D eigenvalue weighted by Gasteiger charge is -2.22. The summed E-state index contributed by atoms with van der Waals surface area (Å²) in [6, 6.07) is 0. The Kier molecular flexibility index (Phi) is 5.17. The molecule has 0 spiro atoms. The lowest BCUT2D eigenvalue weighted by atomic mass is 10.0. The summed E-state index contributed by atoms with van der Waals surface area (Å²) >= 11 is 0. The van der Waals surface area contributed by atoms with Crippen LogP contribution in [0.5, 0.6) is 0 Å². The number of aliphatic hydroxyl groups is 1. The zero-order valence-corrected chi connectivity index (χ0v) is 12.8. The van der Waals surface area contributed by atoms with Gasteiger partial charge in [0.15, 0.2) is 0 Å². The standard InChI is InChI=1S/C15H26N4O/c1-4-6-13-14(16-5-2)17-10-18-15(13)19-8-7-12(9-19)11(3)20/h10-12,20H,4-9H2,1-3H3,(H,16,17,18). The fraction of sp³-hybridized carbons (Fsp3) is 0.733. The van der Waals surface area contributed by atoms with Gasteiger partial charge in [-0.05, 0) is 26.7 Å². The number of rotatable bonds is 6. The highest BCUT2D eigenvalue weighted by atomic mass is 16.3. The Balaban J connectivity index is 2.24. The van der Waals surface area contributed by atoms with E-state index in [1.807, 2.05) is 6.92 Å². The van der Waals surface area contributed by atoms with Crippen LogP contribution in [0.25, 0.3) is 0 Å². The second kappa shape index (κ2) is 6.88. The van der Waals surface area contributed by atoms with Gasteiger partial charge in [0.2, 0.25) is 0 Å². The van der Waals surface area contributed by atoms with Gasteiger partial charge in [0.1, 0.15) is 18.0 Å². The van der Waals surface area contributed by atoms with Crippen LogP contribution in [-0.4, -0.2) is 40.8 Å². The molecule has 0 saturated carbocycles. The summed E-state index contributed by atoms with van der Waals surface area (Å²) in [5, 5.41) is 13.1. The number of nitrogens with zero attached hydrogens (tertiary/aromatic N) is 3. The highest BCUT2D eigenvalue weighted by Crippen LogP contribution is 2.30. The van der Waals surface area contributed by atoms with Gasteiger partial charge in [0.05, 0.1) is 6.10 Å². The predicted molar refractivity (Wildman–Crippen MR) is 82.2 cm³/mol. The first-order valence-corrected chi connectivity index (χ1v) is 7.68. The summed E-state index contributed by atoms with van der Waals surface area (Å²) in [6.07, 6.45) is 4.48. The van der Waals surface area contributed by atoms with E-state index in [0.717, 1.165) is 50.5 Å². The second-order valence-electron chi connectivity index (χ2n) is 5.54. The molecule has 20 heavy (non-hydrogen) atoms. The Morgan fingerprint density at radius 3 is 2.85 bits per heavy atom. The first-order valence-electron chi connectivity index (χ1n) is 7.68. The monoisotopic (exact) mass is 278 g/mol. The number of hydrogen-bond donors (Lipinski definition) is 2. The molecular formula is C15H26N4O. The summed E-state index contributed by atoms with van der Waals surface area (Å²) in [6.45, 7) is 8.85. The molecule has 1 aliphatic heterocycles. The average molecular weight is 278 g/mol. The number of aromatic nitrogens is 2. The summed E-state index contributed by atoms with van der Waals surface area (Å²) in [7, 11) is 0. The molecule has 1 aliphatic rings. The normalized spacial score (nSPS) is 20.2. The van der Waals surface area contributed by atoms with Crippen molar-refractivity contribution < 1.29 is 5.11 Å². The lowest BCUT2D eigenvalue weighted by molar-refractivity contribution is 0.136. The summed E-state index contributed by atoms with van der Waals surface area (Å²) in [5.41, 5.74) is 1.21. The summed E-state index contributed by atoms with van der Waals surface area (Å²) in [4.78, 5) is 11.2. The van der Waals surface area contributed by atoms with E-state index < -0.39 is 0 Å². The Morgan fingerprint density at radius 2 is 2.25 bits per heavy atom. The Bertz CT molecular complexity index is 436. The van der Waals surface area contributed by atoms with Crippen LogP contribution < -0.4 is 10.2 Å². The lowest BCUT2D eigenvalue weighted by Crippen LogP contribution is -2.26. The van der Waals surface area contributed by atoms with E-state index in [9.17, 15) is 5.11 Å². The van der Waals surface area contributed by atoms with E-state index in [1.54, 1.807) is 6.33 Å². The molecule has 112 valence electrons. The third kappa shape index (κ3) is 3.20. The van der Waals surface area contributed by atoms with Gasteiger partial charge in [-0.25, -0.2) is 9.97 Å². The quantitative estimate of drug-likeness (QED) is 0.834. The van der Waals surface area contributed by atoms with Crippen LogP contribution in [0, 0.1) is 5.92 Å². The van der Waals surface area contributed by atoms with E-state index in [-0.39, 0.29) is 6.10 Å². The van der Waals surface area contributed by atoms with Gasteiger partial charge in [-0.2, -0.15) is 0 Å². The smallest absolute Gasteiger partial charge is 0.137 e. The van der Waals surface area contributed by atoms with Crippen LogP contribution in [-0.2, 0) is 6.42 Å². The van der Waals surface area contributed by atoms with Crippen molar-refractivity contribution in [1.29, 1.82) is 0 Å². The zero-order chi connectivity index (χ0) is 14.5. The van der Waals surface area contributed by atoms with Gasteiger partial charge in [-0.1, -0.05) is 13.3 Å². The van der Waals surface area contributed by atoms with E-state index in [4.69, 9.17) is 0 Å². The average Bonchev–Trinajstić information content (AvgIpc) is 2.91. The fourth-order valence-electron chi connectivity index (χ4n) is 2.85.